The van der Waals surface area contributed by atoms with Crippen molar-refractivity contribution in [3.8, 4) is 22.9 Å². The van der Waals surface area contributed by atoms with Crippen LogP contribution in [0.4, 0.5) is 8.78 Å². The molecule has 0 spiro atoms. The number of aliphatic hydroxyl groups is 1. The molecule has 1 unspecified atom stereocenters. The van der Waals surface area contributed by atoms with Crippen LogP contribution < -0.4 is 9.47 Å². The Morgan fingerprint density at radius 3 is 2.38 bits per heavy atom. The molecule has 1 aromatic heterocycles. The Morgan fingerprint density at radius 2 is 1.69 bits per heavy atom. The Morgan fingerprint density at radius 1 is 0.933 bits per heavy atom. The van der Waals surface area contributed by atoms with Gasteiger partial charge in [-0.25, -0.2) is 18.7 Å². The highest BCUT2D eigenvalue weighted by Gasteiger charge is 2.35. The van der Waals surface area contributed by atoms with Gasteiger partial charge in [0.05, 0.1) is 62.3 Å². The van der Waals surface area contributed by atoms with Gasteiger partial charge in [0.1, 0.15) is 23.1 Å². The van der Waals surface area contributed by atoms with Gasteiger partial charge in [-0.05, 0) is 41.8 Å². The molecule has 11 heteroatoms. The first-order valence-corrected chi connectivity index (χ1v) is 14.6. The van der Waals surface area contributed by atoms with E-state index in [9.17, 15) is 23.5 Å². The van der Waals surface area contributed by atoms with E-state index in [-0.39, 0.29) is 55.2 Å². The quantitative estimate of drug-likeness (QED) is 0.281. The van der Waals surface area contributed by atoms with Crippen LogP contribution in [0.3, 0.4) is 0 Å². The van der Waals surface area contributed by atoms with Gasteiger partial charge in [0, 0.05) is 31.1 Å². The normalized spacial score (nSPS) is 16.0. The van der Waals surface area contributed by atoms with Crippen molar-refractivity contribution >= 4 is 11.8 Å². The van der Waals surface area contributed by atoms with Crippen LogP contribution in [-0.4, -0.2) is 70.6 Å². The van der Waals surface area contributed by atoms with E-state index in [0.717, 1.165) is 28.8 Å². The summed E-state index contributed by atoms with van der Waals surface area (Å²) in [7, 11) is 3.09. The van der Waals surface area contributed by atoms with Gasteiger partial charge >= 0.3 is 0 Å². The van der Waals surface area contributed by atoms with Crippen LogP contribution in [0.5, 0.6) is 11.5 Å². The van der Waals surface area contributed by atoms with Crippen molar-refractivity contribution < 1.29 is 33.0 Å². The van der Waals surface area contributed by atoms with Gasteiger partial charge in [0.25, 0.3) is 5.91 Å². The lowest BCUT2D eigenvalue weighted by atomic mass is 9.95. The minimum Gasteiger partial charge on any atom is -0.497 e. The van der Waals surface area contributed by atoms with Crippen molar-refractivity contribution in [2.45, 2.75) is 31.8 Å². The summed E-state index contributed by atoms with van der Waals surface area (Å²) in [4.78, 5) is 38.9. The van der Waals surface area contributed by atoms with Crippen LogP contribution in [0.1, 0.15) is 50.8 Å². The Bertz CT molecular complexity index is 1740. The van der Waals surface area contributed by atoms with Crippen LogP contribution >= 0.6 is 0 Å². The summed E-state index contributed by atoms with van der Waals surface area (Å²) in [5, 5.41) is 9.24. The molecule has 4 aromatic rings. The van der Waals surface area contributed by atoms with Gasteiger partial charge in [0.15, 0.2) is 5.82 Å². The highest BCUT2D eigenvalue weighted by atomic mass is 19.1. The number of hydrogen-bond donors (Lipinski definition) is 1. The second kappa shape index (κ2) is 12.6. The summed E-state index contributed by atoms with van der Waals surface area (Å²) < 4.78 is 40.5. The molecule has 1 atom stereocenters. The zero-order valence-electron chi connectivity index (χ0n) is 24.9. The first kappa shape index (κ1) is 30.1. The van der Waals surface area contributed by atoms with Gasteiger partial charge in [-0.3, -0.25) is 9.59 Å². The molecular weight excluding hydrogens is 582 g/mol. The number of amides is 2. The van der Waals surface area contributed by atoms with E-state index in [0.29, 0.717) is 48.0 Å². The number of benzene rings is 3. The highest BCUT2D eigenvalue weighted by Crippen LogP contribution is 2.34. The summed E-state index contributed by atoms with van der Waals surface area (Å²) in [5.74, 6) is -1.16. The average Bonchev–Trinajstić information content (AvgIpc) is 3.56. The standard InChI is InChI=1S/C34H32F2N4O5/c1-44-23-11-10-22(29(17-23)45-2)18-40-19-28-31(34(40)43)27(37-32(38-28)30-25(35)4-3-5-26(30)36)16-20-6-8-21(9-7-20)24-12-13-39(14-15-41)33(24)42/h3-11,17,24,41H,12-16,18-19H2,1-2H3. The lowest BCUT2D eigenvalue weighted by Crippen LogP contribution is -2.29. The maximum absolute atomic E-state index is 14.9. The van der Waals surface area contributed by atoms with E-state index < -0.39 is 11.6 Å². The average molecular weight is 615 g/mol. The fourth-order valence-corrected chi connectivity index (χ4v) is 6.05. The van der Waals surface area contributed by atoms with E-state index >= 15 is 0 Å². The summed E-state index contributed by atoms with van der Waals surface area (Å²) >= 11 is 0. The van der Waals surface area contributed by atoms with Crippen molar-refractivity contribution in [3.05, 3.63) is 106 Å². The number of ether oxygens (including phenoxy) is 2. The van der Waals surface area contributed by atoms with E-state index in [2.05, 4.69) is 9.97 Å². The van der Waals surface area contributed by atoms with Crippen LogP contribution in [-0.2, 0) is 24.3 Å². The minimum absolute atomic E-state index is 0.0128. The number of fused-ring (bicyclic) bond motifs is 1. The molecule has 3 heterocycles. The van der Waals surface area contributed by atoms with Gasteiger partial charge in [-0.1, -0.05) is 30.3 Å². The fraction of sp³-hybridized carbons (Fsp3) is 0.294. The van der Waals surface area contributed by atoms with E-state index in [1.54, 1.807) is 29.0 Å². The molecule has 0 saturated carbocycles. The predicted molar refractivity (Wildman–Crippen MR) is 161 cm³/mol. The maximum Gasteiger partial charge on any atom is 0.258 e. The SMILES string of the molecule is COc1ccc(CN2Cc3nc(-c4c(F)cccc4F)nc(Cc4ccc(C5CCN(CCO)C5=O)cc4)c3C2=O)c(OC)c1. The number of methoxy groups -OCH3 is 2. The fourth-order valence-electron chi connectivity index (χ4n) is 6.05. The summed E-state index contributed by atoms with van der Waals surface area (Å²) in [5.41, 5.74) is 3.11. The van der Waals surface area contributed by atoms with Crippen LogP contribution in [0.15, 0.2) is 60.7 Å². The summed E-state index contributed by atoms with van der Waals surface area (Å²) in [6.45, 7) is 1.16. The van der Waals surface area contributed by atoms with Crippen molar-refractivity contribution in [2.75, 3.05) is 33.9 Å². The van der Waals surface area contributed by atoms with E-state index in [4.69, 9.17) is 9.47 Å². The number of nitrogens with zero attached hydrogens (tertiary/aromatic N) is 4. The third-order valence-electron chi connectivity index (χ3n) is 8.36. The second-order valence-corrected chi connectivity index (χ2v) is 11.1. The summed E-state index contributed by atoms with van der Waals surface area (Å²) in [6, 6.07) is 16.4. The Kier molecular flexibility index (Phi) is 8.44. The number of likely N-dealkylation sites (tertiary alicyclic amines) is 1. The van der Waals surface area contributed by atoms with Gasteiger partial charge < -0.3 is 24.4 Å². The molecular formula is C34H32F2N4O5. The molecule has 0 radical (unpaired) electrons. The van der Waals surface area contributed by atoms with E-state index in [1.165, 1.54) is 13.2 Å². The molecule has 232 valence electrons. The molecule has 3 aromatic carbocycles. The van der Waals surface area contributed by atoms with E-state index in [1.807, 2.05) is 30.3 Å². The number of rotatable bonds is 10. The predicted octanol–water partition coefficient (Wildman–Crippen LogP) is 4.49. The molecule has 45 heavy (non-hydrogen) atoms. The molecule has 2 amide bonds. The largest absolute Gasteiger partial charge is 0.497 e. The lowest BCUT2D eigenvalue weighted by Gasteiger charge is -2.18. The molecule has 0 aliphatic carbocycles. The molecule has 9 nitrogen and oxygen atoms in total. The Balaban J connectivity index is 1.33. The molecule has 1 fully saturated rings. The number of aromatic nitrogens is 2. The minimum atomic E-state index is -0.800. The van der Waals surface area contributed by atoms with Crippen molar-refractivity contribution in [3.63, 3.8) is 0 Å². The van der Waals surface area contributed by atoms with Gasteiger partial charge in [0.2, 0.25) is 5.91 Å². The van der Waals surface area contributed by atoms with Crippen LogP contribution in [0, 0.1) is 11.6 Å². The first-order valence-electron chi connectivity index (χ1n) is 14.6. The molecule has 2 aliphatic heterocycles. The number of β-amino-alcohol motifs (C(OH)–C–C–N with tert-alkyl or cyclic N) is 1. The molecule has 0 bridgehead atoms. The number of hydrogen-bond acceptors (Lipinski definition) is 7. The van der Waals surface area contributed by atoms with Crippen molar-refractivity contribution in [2.24, 2.45) is 0 Å². The topological polar surface area (TPSA) is 105 Å². The molecule has 2 aliphatic rings. The van der Waals surface area contributed by atoms with Gasteiger partial charge in [-0.2, -0.15) is 0 Å². The van der Waals surface area contributed by atoms with Crippen LogP contribution in [0.2, 0.25) is 0 Å². The smallest absolute Gasteiger partial charge is 0.258 e. The number of aliphatic hydroxyl groups excluding tert-OH is 1. The Hall–Kier alpha value is -4.90. The second-order valence-electron chi connectivity index (χ2n) is 11.1. The van der Waals surface area contributed by atoms with Crippen molar-refractivity contribution in [1.82, 2.24) is 19.8 Å². The van der Waals surface area contributed by atoms with Crippen molar-refractivity contribution in [1.29, 1.82) is 0 Å². The molecule has 1 N–H and O–H groups in total. The lowest BCUT2D eigenvalue weighted by molar-refractivity contribution is -0.129. The third-order valence-corrected chi connectivity index (χ3v) is 8.36. The maximum atomic E-state index is 14.9. The first-order chi connectivity index (χ1) is 21.8. The zero-order valence-corrected chi connectivity index (χ0v) is 24.9. The number of carbonyl (C=O) groups excluding carboxylic acids is 2. The Labute approximate surface area is 259 Å². The molecule has 6 rings (SSSR count). The third kappa shape index (κ3) is 5.83. The number of carbonyl (C=O) groups is 2. The monoisotopic (exact) mass is 614 g/mol. The molecule has 1 saturated heterocycles. The summed E-state index contributed by atoms with van der Waals surface area (Å²) in [6.07, 6.45) is 0.868. The highest BCUT2D eigenvalue weighted by molar-refractivity contribution is 5.99. The number of halogens is 2. The zero-order chi connectivity index (χ0) is 31.7. The van der Waals surface area contributed by atoms with Crippen LogP contribution in [0.25, 0.3) is 11.4 Å². The van der Waals surface area contributed by atoms with Gasteiger partial charge in [-0.15, -0.1) is 0 Å².